The van der Waals surface area contributed by atoms with Gasteiger partial charge in [0.25, 0.3) is 0 Å². The maximum absolute atomic E-state index is 5.99. The van der Waals surface area contributed by atoms with Crippen LogP contribution in [0.1, 0.15) is 26.2 Å². The Balaban J connectivity index is 1.97. The fourth-order valence-corrected chi connectivity index (χ4v) is 3.61. The van der Waals surface area contributed by atoms with Crippen LogP contribution in [0.3, 0.4) is 0 Å². The molecule has 0 amide bonds. The molecule has 2 rings (SSSR count). The van der Waals surface area contributed by atoms with E-state index < -0.39 is 0 Å². The van der Waals surface area contributed by atoms with Crippen LogP contribution in [0, 0.1) is 0 Å². The summed E-state index contributed by atoms with van der Waals surface area (Å²) in [6.45, 7) is 2.23. The van der Waals surface area contributed by atoms with Gasteiger partial charge in [0.2, 0.25) is 0 Å². The predicted octanol–water partition coefficient (Wildman–Crippen LogP) is 3.36. The first-order valence-electron chi connectivity index (χ1n) is 6.54. The minimum atomic E-state index is 0.545. The van der Waals surface area contributed by atoms with Crippen molar-refractivity contribution in [1.82, 2.24) is 0 Å². The molecule has 2 unspecified atom stereocenters. The van der Waals surface area contributed by atoms with Crippen LogP contribution in [-0.2, 0) is 0 Å². The van der Waals surface area contributed by atoms with E-state index in [2.05, 4.69) is 24.0 Å². The van der Waals surface area contributed by atoms with Crippen LogP contribution < -0.4 is 15.8 Å². The number of benzene rings is 1. The normalized spacial score (nSPS) is 23.0. The summed E-state index contributed by atoms with van der Waals surface area (Å²) in [5.74, 6) is 2.06. The zero-order valence-corrected chi connectivity index (χ0v) is 11.9. The Kier molecular flexibility index (Phi) is 4.64. The van der Waals surface area contributed by atoms with Crippen molar-refractivity contribution in [2.75, 3.05) is 23.9 Å². The topological polar surface area (TPSA) is 47.3 Å². The van der Waals surface area contributed by atoms with Crippen LogP contribution in [0.2, 0.25) is 0 Å². The van der Waals surface area contributed by atoms with Crippen LogP contribution in [0.5, 0.6) is 5.75 Å². The minimum Gasteiger partial charge on any atom is -0.497 e. The number of hydrogen-bond donors (Lipinski definition) is 2. The van der Waals surface area contributed by atoms with Gasteiger partial charge in [-0.1, -0.05) is 6.92 Å². The summed E-state index contributed by atoms with van der Waals surface area (Å²) in [4.78, 5) is 0. The van der Waals surface area contributed by atoms with E-state index in [4.69, 9.17) is 10.5 Å². The number of thioether (sulfide) groups is 1. The molecular weight excluding hydrogens is 244 g/mol. The third-order valence-electron chi connectivity index (χ3n) is 3.41. The van der Waals surface area contributed by atoms with Gasteiger partial charge in [-0.3, -0.25) is 0 Å². The Labute approximate surface area is 113 Å². The first kappa shape index (κ1) is 13.4. The molecule has 0 spiro atoms. The molecule has 100 valence electrons. The van der Waals surface area contributed by atoms with Crippen molar-refractivity contribution in [2.24, 2.45) is 0 Å². The number of anilines is 2. The standard InChI is InChI=1S/C14H22N2OS/c1-3-18-12-6-4-10(8-12)16-14-9-11(17-2)5-7-13(14)15/h5,7,9-10,12,16H,3-4,6,8,15H2,1-2H3. The van der Waals surface area contributed by atoms with E-state index in [0.29, 0.717) is 6.04 Å². The van der Waals surface area contributed by atoms with Crippen molar-refractivity contribution in [3.05, 3.63) is 18.2 Å². The second kappa shape index (κ2) is 6.23. The van der Waals surface area contributed by atoms with Gasteiger partial charge >= 0.3 is 0 Å². The number of nitrogens with one attached hydrogen (secondary N) is 1. The Morgan fingerprint density at radius 3 is 3.00 bits per heavy atom. The Morgan fingerprint density at radius 2 is 2.28 bits per heavy atom. The molecule has 3 nitrogen and oxygen atoms in total. The van der Waals surface area contributed by atoms with Crippen LogP contribution in [-0.4, -0.2) is 24.2 Å². The van der Waals surface area contributed by atoms with Gasteiger partial charge in [0, 0.05) is 17.4 Å². The van der Waals surface area contributed by atoms with E-state index >= 15 is 0 Å². The number of methoxy groups -OCH3 is 1. The third-order valence-corrected chi connectivity index (χ3v) is 4.64. The maximum atomic E-state index is 5.99. The van der Waals surface area contributed by atoms with Crippen molar-refractivity contribution < 1.29 is 4.74 Å². The highest BCUT2D eigenvalue weighted by molar-refractivity contribution is 7.99. The molecule has 1 aliphatic rings. The number of ether oxygens (including phenoxy) is 1. The molecule has 0 heterocycles. The Bertz CT molecular complexity index is 397. The van der Waals surface area contributed by atoms with Crippen molar-refractivity contribution in [3.63, 3.8) is 0 Å². The van der Waals surface area contributed by atoms with Crippen molar-refractivity contribution in [3.8, 4) is 5.75 Å². The molecule has 4 heteroatoms. The number of nitrogens with two attached hydrogens (primary N) is 1. The van der Waals surface area contributed by atoms with Crippen LogP contribution in [0.15, 0.2) is 18.2 Å². The average molecular weight is 266 g/mol. The Morgan fingerprint density at radius 1 is 1.44 bits per heavy atom. The Hall–Kier alpha value is -1.03. The minimum absolute atomic E-state index is 0.545. The molecule has 0 aliphatic heterocycles. The molecule has 0 aromatic heterocycles. The second-order valence-electron chi connectivity index (χ2n) is 4.68. The SMILES string of the molecule is CCSC1CCC(Nc2cc(OC)ccc2N)C1. The number of rotatable bonds is 5. The molecule has 1 fully saturated rings. The molecule has 3 N–H and O–H groups in total. The average Bonchev–Trinajstić information content (AvgIpc) is 2.80. The summed E-state index contributed by atoms with van der Waals surface area (Å²) in [7, 11) is 1.68. The summed E-state index contributed by atoms with van der Waals surface area (Å²) in [5.41, 5.74) is 7.79. The monoisotopic (exact) mass is 266 g/mol. The smallest absolute Gasteiger partial charge is 0.121 e. The molecule has 1 aromatic carbocycles. The van der Waals surface area contributed by atoms with Gasteiger partial charge in [0.15, 0.2) is 0 Å². The van der Waals surface area contributed by atoms with Gasteiger partial charge < -0.3 is 15.8 Å². The first-order chi connectivity index (χ1) is 8.72. The quantitative estimate of drug-likeness (QED) is 0.802. The molecule has 0 radical (unpaired) electrons. The van der Waals surface area contributed by atoms with E-state index in [1.54, 1.807) is 7.11 Å². The molecule has 1 aromatic rings. The molecule has 1 saturated carbocycles. The molecule has 0 saturated heterocycles. The lowest BCUT2D eigenvalue weighted by atomic mass is 10.2. The van der Waals surface area contributed by atoms with Gasteiger partial charge in [-0.05, 0) is 37.1 Å². The summed E-state index contributed by atoms with van der Waals surface area (Å²) in [5, 5.41) is 4.36. The van der Waals surface area contributed by atoms with Gasteiger partial charge in [-0.2, -0.15) is 11.8 Å². The summed E-state index contributed by atoms with van der Waals surface area (Å²) in [6, 6.07) is 6.32. The second-order valence-corrected chi connectivity index (χ2v) is 6.26. The number of nitrogen functional groups attached to an aromatic ring is 1. The van der Waals surface area contributed by atoms with Crippen LogP contribution in [0.4, 0.5) is 11.4 Å². The largest absolute Gasteiger partial charge is 0.497 e. The summed E-state index contributed by atoms with van der Waals surface area (Å²) < 4.78 is 5.23. The summed E-state index contributed by atoms with van der Waals surface area (Å²) >= 11 is 2.07. The third kappa shape index (κ3) is 3.25. The van der Waals surface area contributed by atoms with Gasteiger partial charge in [-0.15, -0.1) is 0 Å². The van der Waals surface area contributed by atoms with Gasteiger partial charge in [0.05, 0.1) is 18.5 Å². The fraction of sp³-hybridized carbons (Fsp3) is 0.571. The van der Waals surface area contributed by atoms with Crippen LogP contribution in [0.25, 0.3) is 0 Å². The van der Waals surface area contributed by atoms with Gasteiger partial charge in [0.1, 0.15) is 5.75 Å². The molecule has 18 heavy (non-hydrogen) atoms. The lowest BCUT2D eigenvalue weighted by Gasteiger charge is -2.17. The van der Waals surface area contributed by atoms with Crippen molar-refractivity contribution in [1.29, 1.82) is 0 Å². The molecule has 1 aliphatic carbocycles. The van der Waals surface area contributed by atoms with E-state index in [1.807, 2.05) is 18.2 Å². The van der Waals surface area contributed by atoms with Gasteiger partial charge in [-0.25, -0.2) is 0 Å². The van der Waals surface area contributed by atoms with Crippen molar-refractivity contribution in [2.45, 2.75) is 37.5 Å². The highest BCUT2D eigenvalue weighted by atomic mass is 32.2. The highest BCUT2D eigenvalue weighted by Gasteiger charge is 2.24. The van der Waals surface area contributed by atoms with Crippen molar-refractivity contribution >= 4 is 23.1 Å². The predicted molar refractivity (Wildman–Crippen MR) is 80.6 cm³/mol. The highest BCUT2D eigenvalue weighted by Crippen LogP contribution is 2.33. The zero-order valence-electron chi connectivity index (χ0n) is 11.1. The lowest BCUT2D eigenvalue weighted by Crippen LogP contribution is -2.17. The van der Waals surface area contributed by atoms with E-state index in [1.165, 1.54) is 25.0 Å². The lowest BCUT2D eigenvalue weighted by molar-refractivity contribution is 0.415. The van der Waals surface area contributed by atoms with E-state index in [-0.39, 0.29) is 0 Å². The van der Waals surface area contributed by atoms with E-state index in [9.17, 15) is 0 Å². The van der Waals surface area contributed by atoms with E-state index in [0.717, 1.165) is 22.4 Å². The summed E-state index contributed by atoms with van der Waals surface area (Å²) in [6.07, 6.45) is 3.77. The molecular formula is C14H22N2OS. The maximum Gasteiger partial charge on any atom is 0.121 e. The molecule has 2 atom stereocenters. The zero-order chi connectivity index (χ0) is 13.0. The fourth-order valence-electron chi connectivity index (χ4n) is 2.47. The first-order valence-corrected chi connectivity index (χ1v) is 7.59. The molecule has 0 bridgehead atoms. The van der Waals surface area contributed by atoms with Crippen LogP contribution >= 0.6 is 11.8 Å². The number of hydrogen-bond acceptors (Lipinski definition) is 4.